The number of hydrogen-bond acceptors (Lipinski definition) is 9. The molecule has 0 heterocycles. The Bertz CT molecular complexity index is 1040. The summed E-state index contributed by atoms with van der Waals surface area (Å²) in [5.41, 5.74) is 2.57. The van der Waals surface area contributed by atoms with Gasteiger partial charge in [0.1, 0.15) is 17.8 Å². The van der Waals surface area contributed by atoms with Crippen molar-refractivity contribution in [1.29, 1.82) is 0 Å². The van der Waals surface area contributed by atoms with E-state index < -0.39 is 35.8 Å². The topological polar surface area (TPSA) is 180 Å². The Hall–Kier alpha value is -3.48. The molecule has 36 heavy (non-hydrogen) atoms. The summed E-state index contributed by atoms with van der Waals surface area (Å²) in [7, 11) is 0. The molecular weight excluding hydrogens is 488 g/mol. The fourth-order valence-electron chi connectivity index (χ4n) is 3.40. The van der Waals surface area contributed by atoms with Crippen LogP contribution in [0.3, 0.4) is 0 Å². The third-order valence-corrected chi connectivity index (χ3v) is 5.74. The first-order valence-electron chi connectivity index (χ1n) is 11.4. The van der Waals surface area contributed by atoms with Crippen LogP contribution in [-0.4, -0.2) is 68.7 Å². The van der Waals surface area contributed by atoms with Crippen LogP contribution in [0.2, 0.25) is 0 Å². The van der Waals surface area contributed by atoms with Crippen molar-refractivity contribution in [2.45, 2.75) is 44.3 Å². The van der Waals surface area contributed by atoms with Crippen molar-refractivity contribution < 1.29 is 34.9 Å². The Kier molecular flexibility index (Phi) is 11.3. The third-order valence-electron chi connectivity index (χ3n) is 5.37. The smallest absolute Gasteiger partial charge is 0.266 e. The maximum Gasteiger partial charge on any atom is 0.266 e. The normalized spacial score (nSPS) is 13.3. The molecule has 2 rings (SSSR count). The highest BCUT2D eigenvalue weighted by atomic mass is 32.1. The molecule has 0 bridgehead atoms. The van der Waals surface area contributed by atoms with Crippen molar-refractivity contribution in [2.75, 3.05) is 12.3 Å². The molecule has 8 N–H and O–H groups in total. The van der Waals surface area contributed by atoms with Gasteiger partial charge in [-0.25, -0.2) is 5.48 Å². The molecular formula is C24H32N4O7S. The van der Waals surface area contributed by atoms with Gasteiger partial charge in [0.15, 0.2) is 11.5 Å². The molecule has 0 aromatic heterocycles. The highest BCUT2D eigenvalue weighted by Gasteiger charge is 2.29. The Balaban J connectivity index is 2.26. The second-order valence-electron chi connectivity index (χ2n) is 8.19. The molecule has 2 aromatic carbocycles. The Morgan fingerprint density at radius 2 is 1.36 bits per heavy atom. The Morgan fingerprint density at radius 3 is 1.92 bits per heavy atom. The van der Waals surface area contributed by atoms with Crippen molar-refractivity contribution in [1.82, 2.24) is 21.4 Å². The minimum absolute atomic E-state index is 0.00357. The van der Waals surface area contributed by atoms with Gasteiger partial charge < -0.3 is 31.3 Å². The monoisotopic (exact) mass is 520 g/mol. The van der Waals surface area contributed by atoms with E-state index in [-0.39, 0.29) is 35.8 Å². The van der Waals surface area contributed by atoms with E-state index in [1.807, 2.05) is 6.92 Å². The second-order valence-corrected chi connectivity index (χ2v) is 8.55. The number of hydroxylamine groups is 1. The van der Waals surface area contributed by atoms with Gasteiger partial charge in [0.05, 0.1) is 6.04 Å². The molecule has 11 nitrogen and oxygen atoms in total. The van der Waals surface area contributed by atoms with Crippen molar-refractivity contribution >= 4 is 30.4 Å². The van der Waals surface area contributed by atoms with Crippen LogP contribution in [0.1, 0.15) is 24.5 Å². The van der Waals surface area contributed by atoms with E-state index >= 15 is 0 Å². The lowest BCUT2D eigenvalue weighted by Crippen LogP contribution is -2.57. The molecule has 0 radical (unpaired) electrons. The van der Waals surface area contributed by atoms with Gasteiger partial charge in [-0.1, -0.05) is 25.1 Å². The van der Waals surface area contributed by atoms with Gasteiger partial charge in [-0.05, 0) is 48.4 Å². The number of carbonyl (C=O) groups is 3. The second kappa shape index (κ2) is 14.2. The fraction of sp³-hybridized carbons (Fsp3) is 0.375. The Labute approximate surface area is 214 Å². The number of rotatable bonds is 13. The lowest BCUT2D eigenvalue weighted by molar-refractivity contribution is -0.136. The predicted molar refractivity (Wildman–Crippen MR) is 135 cm³/mol. The summed E-state index contributed by atoms with van der Waals surface area (Å²) in [6.07, 6.45) is 0.713. The van der Waals surface area contributed by atoms with Crippen LogP contribution in [-0.2, 0) is 27.2 Å². The van der Waals surface area contributed by atoms with E-state index in [0.717, 1.165) is 6.42 Å². The summed E-state index contributed by atoms with van der Waals surface area (Å²) in [5, 5.41) is 46.3. The maximum atomic E-state index is 13.3. The van der Waals surface area contributed by atoms with E-state index in [1.165, 1.54) is 35.8 Å². The molecule has 3 atom stereocenters. The summed E-state index contributed by atoms with van der Waals surface area (Å²) < 4.78 is 0. The number of hydrogen-bond donors (Lipinski definition) is 9. The van der Waals surface area contributed by atoms with E-state index in [4.69, 9.17) is 0 Å². The average Bonchev–Trinajstić information content (AvgIpc) is 2.86. The Morgan fingerprint density at radius 1 is 0.806 bits per heavy atom. The van der Waals surface area contributed by atoms with E-state index in [1.54, 1.807) is 12.1 Å². The molecule has 0 aliphatic carbocycles. The number of phenols is 3. The van der Waals surface area contributed by atoms with Gasteiger partial charge in [-0.2, -0.15) is 12.6 Å². The molecule has 12 heteroatoms. The van der Waals surface area contributed by atoms with Gasteiger partial charge in [0.2, 0.25) is 11.8 Å². The lowest BCUT2D eigenvalue weighted by atomic mass is 10.0. The van der Waals surface area contributed by atoms with Crippen LogP contribution < -0.4 is 21.4 Å². The summed E-state index contributed by atoms with van der Waals surface area (Å²) in [6.45, 7) is 2.50. The van der Waals surface area contributed by atoms with Crippen molar-refractivity contribution in [3.63, 3.8) is 0 Å². The molecule has 0 fully saturated rings. The molecule has 0 aliphatic rings. The molecule has 196 valence electrons. The van der Waals surface area contributed by atoms with E-state index in [0.29, 0.717) is 17.7 Å². The average molecular weight is 521 g/mol. The van der Waals surface area contributed by atoms with Crippen LogP contribution in [0.15, 0.2) is 42.5 Å². The van der Waals surface area contributed by atoms with E-state index in [9.17, 15) is 34.9 Å². The van der Waals surface area contributed by atoms with Crippen LogP contribution in [0.5, 0.6) is 17.2 Å². The number of benzene rings is 2. The summed E-state index contributed by atoms with van der Waals surface area (Å²) >= 11 is 4.20. The summed E-state index contributed by atoms with van der Waals surface area (Å²) in [4.78, 5) is 38.4. The maximum absolute atomic E-state index is 13.3. The van der Waals surface area contributed by atoms with Gasteiger partial charge in [0, 0.05) is 18.6 Å². The van der Waals surface area contributed by atoms with Crippen molar-refractivity contribution in [3.05, 3.63) is 53.6 Å². The number of phenolic OH excluding ortho intramolecular Hbond substituents is 3. The highest BCUT2D eigenvalue weighted by molar-refractivity contribution is 7.80. The highest BCUT2D eigenvalue weighted by Crippen LogP contribution is 2.25. The number of aromatic hydroxyl groups is 3. The SMILES string of the molecule is CCCN[C@@H](CS)C(=O)N[C@@H](Cc1ccc(O)c(O)c1)C(=O)N[C@@H](Cc1ccc(O)cc1)C(=O)NO. The zero-order valence-electron chi connectivity index (χ0n) is 19.8. The molecule has 0 aliphatic heterocycles. The minimum atomic E-state index is -1.20. The first kappa shape index (κ1) is 28.8. The molecule has 0 unspecified atom stereocenters. The fourth-order valence-corrected chi connectivity index (χ4v) is 3.69. The minimum Gasteiger partial charge on any atom is -0.508 e. The third kappa shape index (κ3) is 8.63. The van der Waals surface area contributed by atoms with Crippen LogP contribution >= 0.6 is 12.6 Å². The summed E-state index contributed by atoms with van der Waals surface area (Å²) in [5.74, 6) is -2.59. The van der Waals surface area contributed by atoms with Crippen molar-refractivity contribution in [2.24, 2.45) is 0 Å². The van der Waals surface area contributed by atoms with E-state index in [2.05, 4.69) is 28.6 Å². The van der Waals surface area contributed by atoms with Crippen molar-refractivity contribution in [3.8, 4) is 17.2 Å². The predicted octanol–water partition coefficient (Wildman–Crippen LogP) is 0.362. The quantitative estimate of drug-likeness (QED) is 0.0786. The van der Waals surface area contributed by atoms with Gasteiger partial charge in [0.25, 0.3) is 5.91 Å². The number of nitrogens with one attached hydrogen (secondary N) is 4. The zero-order valence-corrected chi connectivity index (χ0v) is 20.7. The van der Waals surface area contributed by atoms with Gasteiger partial charge in [-0.15, -0.1) is 0 Å². The van der Waals surface area contributed by atoms with Gasteiger partial charge >= 0.3 is 0 Å². The number of carbonyl (C=O) groups excluding carboxylic acids is 3. The largest absolute Gasteiger partial charge is 0.508 e. The standard InChI is InChI=1S/C24H32N4O7S/c1-2-9-25-19(13-36)23(33)26-17(11-15-5-8-20(30)21(31)12-15)22(32)27-18(24(34)28-35)10-14-3-6-16(29)7-4-14/h3-8,12,17-19,25,29-31,35-36H,2,9-11,13H2,1H3,(H,26,33)(H,27,32)(H,28,34)/t17-,18-,19-/m0/s1. The molecule has 0 saturated heterocycles. The van der Waals surface area contributed by atoms with Gasteiger partial charge in [-0.3, -0.25) is 19.6 Å². The molecule has 0 saturated carbocycles. The molecule has 3 amide bonds. The number of amides is 3. The first-order valence-corrected chi connectivity index (χ1v) is 12.0. The van der Waals surface area contributed by atoms with Crippen LogP contribution in [0, 0.1) is 0 Å². The summed E-state index contributed by atoms with van der Waals surface area (Å²) in [6, 6.07) is 6.95. The zero-order chi connectivity index (χ0) is 26.7. The van der Waals surface area contributed by atoms with Crippen LogP contribution in [0.4, 0.5) is 0 Å². The number of thiol groups is 1. The lowest BCUT2D eigenvalue weighted by Gasteiger charge is -2.25. The first-order chi connectivity index (χ1) is 17.2. The van der Waals surface area contributed by atoms with Crippen LogP contribution in [0.25, 0.3) is 0 Å². The molecule has 2 aromatic rings. The molecule has 0 spiro atoms.